The van der Waals surface area contributed by atoms with Gasteiger partial charge >= 0.3 is 0 Å². The molecule has 0 aliphatic carbocycles. The Hall–Kier alpha value is -2.80. The SMILES string of the molecule is O=Cc1c(-c2ccc(Br)cc2)noc1NC(=O)c1ccc(F)cc1. The number of amides is 1. The number of aromatic nitrogens is 1. The van der Waals surface area contributed by atoms with Crippen molar-refractivity contribution in [3.05, 3.63) is 69.9 Å². The molecule has 0 fully saturated rings. The van der Waals surface area contributed by atoms with Gasteiger partial charge in [0.05, 0.1) is 0 Å². The number of carbonyl (C=O) groups is 2. The molecule has 1 N–H and O–H groups in total. The monoisotopic (exact) mass is 388 g/mol. The van der Waals surface area contributed by atoms with Gasteiger partial charge in [-0.2, -0.15) is 0 Å². The van der Waals surface area contributed by atoms with Crippen molar-refractivity contribution in [1.29, 1.82) is 0 Å². The molecule has 3 rings (SSSR count). The fourth-order valence-electron chi connectivity index (χ4n) is 2.09. The first-order valence-corrected chi connectivity index (χ1v) is 7.65. The summed E-state index contributed by atoms with van der Waals surface area (Å²) in [6.45, 7) is 0. The molecule has 3 aromatic rings. The summed E-state index contributed by atoms with van der Waals surface area (Å²) in [5, 5.41) is 6.32. The number of aldehydes is 1. The van der Waals surface area contributed by atoms with Crippen molar-refractivity contribution in [2.75, 3.05) is 5.32 Å². The molecule has 0 aliphatic heterocycles. The third kappa shape index (κ3) is 3.26. The number of nitrogens with one attached hydrogen (secondary N) is 1. The van der Waals surface area contributed by atoms with Gasteiger partial charge in [-0.25, -0.2) is 4.39 Å². The van der Waals surface area contributed by atoms with E-state index in [1.165, 1.54) is 24.3 Å². The molecule has 0 aliphatic rings. The van der Waals surface area contributed by atoms with Gasteiger partial charge in [-0.3, -0.25) is 14.9 Å². The second-order valence-corrected chi connectivity index (χ2v) is 5.78. The minimum Gasteiger partial charge on any atom is -0.337 e. The molecule has 0 spiro atoms. The molecule has 7 heteroatoms. The Balaban J connectivity index is 1.89. The number of rotatable bonds is 4. The number of anilines is 1. The third-order valence-electron chi connectivity index (χ3n) is 3.30. The van der Waals surface area contributed by atoms with E-state index in [1.54, 1.807) is 24.3 Å². The quantitative estimate of drug-likeness (QED) is 0.675. The molecule has 0 unspecified atom stereocenters. The van der Waals surface area contributed by atoms with E-state index >= 15 is 0 Å². The highest BCUT2D eigenvalue weighted by Crippen LogP contribution is 2.28. The molecule has 0 bridgehead atoms. The standard InChI is InChI=1S/C17H10BrFN2O3/c18-12-5-1-10(2-6-12)15-14(9-22)17(24-21-15)20-16(23)11-3-7-13(19)8-4-11/h1-9H,(H,20,23). The van der Waals surface area contributed by atoms with E-state index in [-0.39, 0.29) is 17.0 Å². The van der Waals surface area contributed by atoms with Crippen molar-refractivity contribution >= 4 is 34.0 Å². The van der Waals surface area contributed by atoms with Crippen molar-refractivity contribution in [3.8, 4) is 11.3 Å². The van der Waals surface area contributed by atoms with Crippen LogP contribution in [0.2, 0.25) is 0 Å². The van der Waals surface area contributed by atoms with E-state index in [2.05, 4.69) is 26.4 Å². The lowest BCUT2D eigenvalue weighted by Crippen LogP contribution is -2.12. The normalized spacial score (nSPS) is 10.4. The lowest BCUT2D eigenvalue weighted by Gasteiger charge is -2.02. The molecule has 1 amide bonds. The van der Waals surface area contributed by atoms with Crippen LogP contribution in [0.5, 0.6) is 0 Å². The molecule has 0 saturated carbocycles. The zero-order valence-corrected chi connectivity index (χ0v) is 13.7. The van der Waals surface area contributed by atoms with Gasteiger partial charge in [0.15, 0.2) is 6.29 Å². The summed E-state index contributed by atoms with van der Waals surface area (Å²) in [5.74, 6) is -1.04. The molecule has 120 valence electrons. The maximum atomic E-state index is 12.9. The number of carbonyl (C=O) groups excluding carboxylic acids is 2. The van der Waals surface area contributed by atoms with Gasteiger partial charge in [0.1, 0.15) is 17.1 Å². The highest BCUT2D eigenvalue weighted by atomic mass is 79.9. The first-order valence-electron chi connectivity index (χ1n) is 6.86. The summed E-state index contributed by atoms with van der Waals surface area (Å²) in [7, 11) is 0. The maximum absolute atomic E-state index is 12.9. The van der Waals surface area contributed by atoms with Crippen LogP contribution in [0.3, 0.4) is 0 Å². The minimum atomic E-state index is -0.531. The van der Waals surface area contributed by atoms with Crippen LogP contribution in [0.25, 0.3) is 11.3 Å². The van der Waals surface area contributed by atoms with Crippen LogP contribution in [-0.4, -0.2) is 17.4 Å². The lowest BCUT2D eigenvalue weighted by atomic mass is 10.1. The summed E-state index contributed by atoms with van der Waals surface area (Å²) in [4.78, 5) is 23.5. The topological polar surface area (TPSA) is 72.2 Å². The van der Waals surface area contributed by atoms with Gasteiger partial charge in [0, 0.05) is 15.6 Å². The van der Waals surface area contributed by atoms with E-state index in [4.69, 9.17) is 4.52 Å². The number of benzene rings is 2. The van der Waals surface area contributed by atoms with Gasteiger partial charge < -0.3 is 4.52 Å². The number of nitrogens with zero attached hydrogens (tertiary/aromatic N) is 1. The molecule has 2 aromatic carbocycles. The second-order valence-electron chi connectivity index (χ2n) is 4.86. The molecule has 0 saturated heterocycles. The second kappa shape index (κ2) is 6.76. The summed E-state index contributed by atoms with van der Waals surface area (Å²) in [5.41, 5.74) is 1.36. The van der Waals surface area contributed by atoms with Crippen LogP contribution in [0.15, 0.2) is 57.5 Å². The predicted molar refractivity (Wildman–Crippen MR) is 89.4 cm³/mol. The summed E-state index contributed by atoms with van der Waals surface area (Å²) >= 11 is 3.33. The molecular formula is C17H10BrFN2O3. The van der Waals surface area contributed by atoms with Crippen molar-refractivity contribution in [2.24, 2.45) is 0 Å². The largest absolute Gasteiger partial charge is 0.337 e. The average Bonchev–Trinajstić information content (AvgIpc) is 2.98. The zero-order chi connectivity index (χ0) is 17.1. The fourth-order valence-corrected chi connectivity index (χ4v) is 2.35. The van der Waals surface area contributed by atoms with E-state index in [9.17, 15) is 14.0 Å². The Labute approximate surface area is 144 Å². The Morgan fingerprint density at radius 1 is 1.12 bits per heavy atom. The highest BCUT2D eigenvalue weighted by molar-refractivity contribution is 9.10. The Morgan fingerprint density at radius 3 is 2.42 bits per heavy atom. The zero-order valence-electron chi connectivity index (χ0n) is 12.1. The van der Waals surface area contributed by atoms with E-state index in [0.717, 1.165) is 4.47 Å². The van der Waals surface area contributed by atoms with Crippen LogP contribution >= 0.6 is 15.9 Å². The van der Waals surface area contributed by atoms with Crippen LogP contribution in [0.1, 0.15) is 20.7 Å². The third-order valence-corrected chi connectivity index (χ3v) is 3.83. The average molecular weight is 389 g/mol. The molecule has 5 nitrogen and oxygen atoms in total. The summed E-state index contributed by atoms with van der Waals surface area (Å²) in [6.07, 6.45) is 0.564. The van der Waals surface area contributed by atoms with Gasteiger partial charge in [-0.1, -0.05) is 33.2 Å². The van der Waals surface area contributed by atoms with Crippen molar-refractivity contribution in [2.45, 2.75) is 0 Å². The summed E-state index contributed by atoms with van der Waals surface area (Å²) in [6, 6.07) is 12.1. The van der Waals surface area contributed by atoms with Crippen LogP contribution in [-0.2, 0) is 0 Å². The molecule has 0 radical (unpaired) electrons. The Kier molecular flexibility index (Phi) is 4.52. The fraction of sp³-hybridized carbons (Fsp3) is 0. The number of halogens is 2. The predicted octanol–water partition coefficient (Wildman–Crippen LogP) is 4.31. The van der Waals surface area contributed by atoms with Crippen molar-refractivity contribution in [3.63, 3.8) is 0 Å². The first kappa shape index (κ1) is 16.1. The van der Waals surface area contributed by atoms with Gasteiger partial charge in [0.25, 0.3) is 5.91 Å². The van der Waals surface area contributed by atoms with E-state index in [1.807, 2.05) is 0 Å². The molecular weight excluding hydrogens is 379 g/mol. The Morgan fingerprint density at radius 2 is 1.79 bits per heavy atom. The first-order chi connectivity index (χ1) is 11.6. The molecule has 24 heavy (non-hydrogen) atoms. The van der Waals surface area contributed by atoms with E-state index < -0.39 is 11.7 Å². The van der Waals surface area contributed by atoms with Crippen LogP contribution in [0, 0.1) is 5.82 Å². The lowest BCUT2D eigenvalue weighted by molar-refractivity contribution is 0.102. The van der Waals surface area contributed by atoms with Gasteiger partial charge in [-0.15, -0.1) is 0 Å². The molecule has 1 aromatic heterocycles. The van der Waals surface area contributed by atoms with Gasteiger partial charge in [-0.05, 0) is 36.4 Å². The minimum absolute atomic E-state index is 0.0581. The van der Waals surface area contributed by atoms with Crippen LogP contribution < -0.4 is 5.32 Å². The summed E-state index contributed by atoms with van der Waals surface area (Å²) < 4.78 is 18.9. The molecule has 0 atom stereocenters. The number of hydrogen-bond donors (Lipinski definition) is 1. The maximum Gasteiger partial charge on any atom is 0.258 e. The van der Waals surface area contributed by atoms with Crippen molar-refractivity contribution < 1.29 is 18.5 Å². The highest BCUT2D eigenvalue weighted by Gasteiger charge is 2.19. The van der Waals surface area contributed by atoms with E-state index in [0.29, 0.717) is 17.5 Å². The number of hydrogen-bond acceptors (Lipinski definition) is 4. The van der Waals surface area contributed by atoms with Gasteiger partial charge in [0.2, 0.25) is 5.88 Å². The molecule has 1 heterocycles. The smallest absolute Gasteiger partial charge is 0.258 e. The van der Waals surface area contributed by atoms with Crippen LogP contribution in [0.4, 0.5) is 10.3 Å². The Bertz CT molecular complexity index is 889. The van der Waals surface area contributed by atoms with Crippen molar-refractivity contribution in [1.82, 2.24) is 5.16 Å².